The molecule has 0 fully saturated rings. The molecule has 0 spiro atoms. The van der Waals surface area contributed by atoms with Crippen LogP contribution in [0.4, 0.5) is 4.79 Å². The maximum absolute atomic E-state index is 11.4. The van der Waals surface area contributed by atoms with E-state index in [2.05, 4.69) is 21.7 Å². The molecule has 0 aliphatic heterocycles. The number of carbonyl (C=O) groups excluding carboxylic acids is 1. The lowest BCUT2D eigenvalue weighted by atomic mass is 10.2. The Hall–Kier alpha value is -2.49. The lowest BCUT2D eigenvalue weighted by Gasteiger charge is -2.12. The maximum Gasteiger partial charge on any atom is 0.327 e. The number of urea groups is 1. The fraction of sp³-hybridized carbons (Fsp3) is 0.364. The number of hydrogen-bond donors (Lipinski definition) is 3. The zero-order chi connectivity index (χ0) is 13.5. The summed E-state index contributed by atoms with van der Waals surface area (Å²) < 4.78 is 1.60. The highest BCUT2D eigenvalue weighted by molar-refractivity contribution is 5.82. The van der Waals surface area contributed by atoms with Gasteiger partial charge in [0.2, 0.25) is 0 Å². The molecule has 0 radical (unpaired) electrons. The van der Waals surface area contributed by atoms with Crippen molar-refractivity contribution in [2.24, 2.45) is 7.05 Å². The van der Waals surface area contributed by atoms with Crippen LogP contribution < -0.4 is 10.6 Å². The van der Waals surface area contributed by atoms with Gasteiger partial charge >= 0.3 is 12.0 Å². The predicted octanol–water partition coefficient (Wildman–Crippen LogP) is -0.304. The third kappa shape index (κ3) is 4.17. The van der Waals surface area contributed by atoms with Gasteiger partial charge in [-0.2, -0.15) is 5.10 Å². The topological polar surface area (TPSA) is 96.3 Å². The Bertz CT molecular complexity index is 475. The highest BCUT2D eigenvalue weighted by atomic mass is 16.4. The number of nitrogens with zero attached hydrogens (tertiary/aromatic N) is 2. The monoisotopic (exact) mass is 250 g/mol. The number of carbonyl (C=O) groups is 2. The minimum atomic E-state index is -1.17. The van der Waals surface area contributed by atoms with Crippen molar-refractivity contribution in [3.05, 3.63) is 18.0 Å². The van der Waals surface area contributed by atoms with Crippen LogP contribution >= 0.6 is 0 Å². The normalized spacial score (nSPS) is 11.3. The first-order valence-corrected chi connectivity index (χ1v) is 5.22. The molecule has 96 valence electrons. The van der Waals surface area contributed by atoms with E-state index in [0.717, 1.165) is 0 Å². The van der Waals surface area contributed by atoms with E-state index in [1.54, 1.807) is 24.0 Å². The van der Waals surface area contributed by atoms with Crippen LogP contribution in [0.3, 0.4) is 0 Å². The molecular formula is C11H14N4O3. The molecule has 0 saturated heterocycles. The molecule has 0 saturated carbocycles. The van der Waals surface area contributed by atoms with Crippen LogP contribution in [-0.2, 0) is 18.4 Å². The highest BCUT2D eigenvalue weighted by Gasteiger charge is 2.18. The van der Waals surface area contributed by atoms with Crippen LogP contribution in [0.25, 0.3) is 0 Å². The average molecular weight is 250 g/mol. The molecule has 0 bridgehead atoms. The SMILES string of the molecule is C#CCC(NC(=O)NCc1ccn(C)n1)C(=O)O. The summed E-state index contributed by atoms with van der Waals surface area (Å²) in [6, 6.07) is 0.0678. The zero-order valence-electron chi connectivity index (χ0n) is 9.88. The van der Waals surface area contributed by atoms with Crippen LogP contribution in [0.2, 0.25) is 0 Å². The summed E-state index contributed by atoms with van der Waals surface area (Å²) in [7, 11) is 1.76. The van der Waals surface area contributed by atoms with Gasteiger partial charge in [0.1, 0.15) is 6.04 Å². The Kier molecular flexibility index (Phi) is 4.75. The first kappa shape index (κ1) is 13.6. The van der Waals surface area contributed by atoms with Gasteiger partial charge in [-0.1, -0.05) is 0 Å². The van der Waals surface area contributed by atoms with E-state index in [4.69, 9.17) is 11.5 Å². The number of terminal acetylenes is 1. The van der Waals surface area contributed by atoms with E-state index in [0.29, 0.717) is 5.69 Å². The average Bonchev–Trinajstić information content (AvgIpc) is 2.72. The quantitative estimate of drug-likeness (QED) is 0.625. The van der Waals surface area contributed by atoms with E-state index >= 15 is 0 Å². The molecule has 0 aliphatic rings. The molecule has 0 aliphatic carbocycles. The molecule has 2 amide bonds. The summed E-state index contributed by atoms with van der Waals surface area (Å²) in [5.74, 6) is 1.03. The lowest BCUT2D eigenvalue weighted by molar-refractivity contribution is -0.139. The van der Waals surface area contributed by atoms with Crippen LogP contribution in [0.15, 0.2) is 12.3 Å². The molecular weight excluding hydrogens is 236 g/mol. The molecule has 18 heavy (non-hydrogen) atoms. The van der Waals surface area contributed by atoms with Crippen molar-refractivity contribution in [2.75, 3.05) is 0 Å². The van der Waals surface area contributed by atoms with Gasteiger partial charge in [0, 0.05) is 19.7 Å². The van der Waals surface area contributed by atoms with Crippen molar-refractivity contribution in [3.63, 3.8) is 0 Å². The van der Waals surface area contributed by atoms with E-state index in [1.807, 2.05) is 0 Å². The third-order valence-corrected chi connectivity index (χ3v) is 2.12. The van der Waals surface area contributed by atoms with E-state index in [-0.39, 0.29) is 13.0 Å². The van der Waals surface area contributed by atoms with Crippen molar-refractivity contribution < 1.29 is 14.7 Å². The van der Waals surface area contributed by atoms with E-state index in [1.165, 1.54) is 0 Å². The van der Waals surface area contributed by atoms with Crippen LogP contribution in [0.1, 0.15) is 12.1 Å². The van der Waals surface area contributed by atoms with Crippen LogP contribution in [0.5, 0.6) is 0 Å². The van der Waals surface area contributed by atoms with Gasteiger partial charge in [0.15, 0.2) is 0 Å². The number of nitrogens with one attached hydrogen (secondary N) is 2. The lowest BCUT2D eigenvalue weighted by Crippen LogP contribution is -2.45. The molecule has 7 heteroatoms. The number of carboxylic acid groups (broad SMARTS) is 1. The Morgan fingerprint density at radius 1 is 1.67 bits per heavy atom. The van der Waals surface area contributed by atoms with Gasteiger partial charge in [0.25, 0.3) is 0 Å². The second-order valence-electron chi connectivity index (χ2n) is 3.61. The Morgan fingerprint density at radius 2 is 2.39 bits per heavy atom. The molecule has 0 aromatic carbocycles. The maximum atomic E-state index is 11.4. The number of rotatable bonds is 5. The number of hydrogen-bond acceptors (Lipinski definition) is 3. The number of amides is 2. The Labute approximate surface area is 104 Å². The summed E-state index contributed by atoms with van der Waals surface area (Å²) in [4.78, 5) is 22.2. The third-order valence-electron chi connectivity index (χ3n) is 2.12. The van der Waals surface area contributed by atoms with Gasteiger partial charge in [0.05, 0.1) is 12.2 Å². The Morgan fingerprint density at radius 3 is 2.89 bits per heavy atom. The molecule has 3 N–H and O–H groups in total. The number of aromatic nitrogens is 2. The molecule has 1 aromatic heterocycles. The second-order valence-corrected chi connectivity index (χ2v) is 3.61. The Balaban J connectivity index is 2.41. The number of aryl methyl sites for hydroxylation is 1. The van der Waals surface area contributed by atoms with Gasteiger partial charge in [-0.25, -0.2) is 9.59 Å². The van der Waals surface area contributed by atoms with Crippen molar-refractivity contribution >= 4 is 12.0 Å². The first-order valence-electron chi connectivity index (χ1n) is 5.22. The predicted molar refractivity (Wildman–Crippen MR) is 63.5 cm³/mol. The molecule has 1 atom stereocenters. The largest absolute Gasteiger partial charge is 0.480 e. The number of carboxylic acids is 1. The van der Waals surface area contributed by atoms with Gasteiger partial charge in [-0.05, 0) is 6.07 Å². The molecule has 1 aromatic rings. The highest BCUT2D eigenvalue weighted by Crippen LogP contribution is 1.94. The van der Waals surface area contributed by atoms with Gasteiger partial charge in [-0.15, -0.1) is 12.3 Å². The first-order chi connectivity index (χ1) is 8.52. The van der Waals surface area contributed by atoms with Crippen molar-refractivity contribution in [2.45, 2.75) is 19.0 Å². The minimum absolute atomic E-state index is 0.0632. The molecule has 7 nitrogen and oxygen atoms in total. The zero-order valence-corrected chi connectivity index (χ0v) is 9.88. The number of aliphatic carboxylic acids is 1. The van der Waals surface area contributed by atoms with Crippen molar-refractivity contribution in [1.29, 1.82) is 0 Å². The fourth-order valence-electron chi connectivity index (χ4n) is 1.26. The van der Waals surface area contributed by atoms with Crippen LogP contribution in [0, 0.1) is 12.3 Å². The van der Waals surface area contributed by atoms with E-state index in [9.17, 15) is 9.59 Å². The van der Waals surface area contributed by atoms with Gasteiger partial charge < -0.3 is 15.7 Å². The second kappa shape index (κ2) is 6.30. The van der Waals surface area contributed by atoms with E-state index < -0.39 is 18.0 Å². The molecule has 1 unspecified atom stereocenters. The van der Waals surface area contributed by atoms with Crippen LogP contribution in [-0.4, -0.2) is 32.9 Å². The summed E-state index contributed by atoms with van der Waals surface area (Å²) in [6.45, 7) is 0.217. The summed E-state index contributed by atoms with van der Waals surface area (Å²) in [6.07, 6.45) is 6.69. The van der Waals surface area contributed by atoms with Crippen molar-refractivity contribution in [1.82, 2.24) is 20.4 Å². The summed E-state index contributed by atoms with van der Waals surface area (Å²) >= 11 is 0. The van der Waals surface area contributed by atoms with Gasteiger partial charge in [-0.3, -0.25) is 4.68 Å². The summed E-state index contributed by atoms with van der Waals surface area (Å²) in [5, 5.41) is 17.6. The minimum Gasteiger partial charge on any atom is -0.480 e. The standard InChI is InChI=1S/C11H14N4O3/c1-3-4-9(10(16)17)13-11(18)12-7-8-5-6-15(2)14-8/h1,5-6,9H,4,7H2,2H3,(H,16,17)(H2,12,13,18). The summed E-state index contributed by atoms with van der Waals surface area (Å²) in [5.41, 5.74) is 0.677. The van der Waals surface area contributed by atoms with Crippen molar-refractivity contribution in [3.8, 4) is 12.3 Å². The molecule has 1 heterocycles. The molecule has 1 rings (SSSR count). The fourth-order valence-corrected chi connectivity index (χ4v) is 1.26. The smallest absolute Gasteiger partial charge is 0.327 e.